The SMILES string of the molecule is O=[C]C[C@H](O)[C@H](O)CO. The van der Waals surface area contributed by atoms with Crippen LogP contribution >= 0.6 is 0 Å². The van der Waals surface area contributed by atoms with E-state index in [0.29, 0.717) is 0 Å². The maximum Gasteiger partial charge on any atom is 0.201 e. The zero-order valence-electron chi connectivity index (χ0n) is 4.82. The van der Waals surface area contributed by atoms with Gasteiger partial charge in [0.1, 0.15) is 6.10 Å². The van der Waals surface area contributed by atoms with Crippen molar-refractivity contribution >= 4 is 6.29 Å². The van der Waals surface area contributed by atoms with Crippen LogP contribution in [0, 0.1) is 0 Å². The molecule has 9 heavy (non-hydrogen) atoms. The largest absolute Gasteiger partial charge is 0.394 e. The van der Waals surface area contributed by atoms with Crippen LogP contribution in [0.4, 0.5) is 0 Å². The highest BCUT2D eigenvalue weighted by Gasteiger charge is 2.13. The smallest absolute Gasteiger partial charge is 0.201 e. The van der Waals surface area contributed by atoms with E-state index < -0.39 is 18.8 Å². The van der Waals surface area contributed by atoms with Gasteiger partial charge in [0.05, 0.1) is 12.7 Å². The lowest BCUT2D eigenvalue weighted by Crippen LogP contribution is -2.29. The zero-order chi connectivity index (χ0) is 7.28. The van der Waals surface area contributed by atoms with Crippen LogP contribution in [0.5, 0.6) is 0 Å². The molecular formula is C5H9O4. The zero-order valence-corrected chi connectivity index (χ0v) is 4.82. The molecular weight excluding hydrogens is 124 g/mol. The van der Waals surface area contributed by atoms with Crippen molar-refractivity contribution in [3.05, 3.63) is 0 Å². The second kappa shape index (κ2) is 4.43. The average Bonchev–Trinajstić information content (AvgIpc) is 1.87. The van der Waals surface area contributed by atoms with Crippen LogP contribution in [0.15, 0.2) is 0 Å². The van der Waals surface area contributed by atoms with E-state index >= 15 is 0 Å². The Morgan fingerprint density at radius 1 is 1.33 bits per heavy atom. The van der Waals surface area contributed by atoms with Crippen LogP contribution in [-0.4, -0.2) is 40.4 Å². The standard InChI is InChI=1S/C5H9O4/c6-2-1-4(8)5(9)3-7/h4-5,7-9H,1,3H2/t4-,5+/m0/s1. The third-order valence-corrected chi connectivity index (χ3v) is 0.924. The summed E-state index contributed by atoms with van der Waals surface area (Å²) in [6.07, 6.45) is -1.27. The number of hydrogen-bond donors (Lipinski definition) is 3. The van der Waals surface area contributed by atoms with Gasteiger partial charge in [0.2, 0.25) is 6.29 Å². The topological polar surface area (TPSA) is 77.8 Å². The fourth-order valence-electron chi connectivity index (χ4n) is 0.343. The molecule has 0 aromatic heterocycles. The second-order valence-corrected chi connectivity index (χ2v) is 1.67. The van der Waals surface area contributed by atoms with Crippen molar-refractivity contribution in [2.24, 2.45) is 0 Å². The van der Waals surface area contributed by atoms with Gasteiger partial charge in [0.25, 0.3) is 0 Å². The number of rotatable bonds is 4. The van der Waals surface area contributed by atoms with E-state index in [0.717, 1.165) is 0 Å². The summed E-state index contributed by atoms with van der Waals surface area (Å²) >= 11 is 0. The molecule has 0 bridgehead atoms. The van der Waals surface area contributed by atoms with Crippen LogP contribution in [0.25, 0.3) is 0 Å². The Morgan fingerprint density at radius 3 is 2.22 bits per heavy atom. The summed E-state index contributed by atoms with van der Waals surface area (Å²) < 4.78 is 0. The van der Waals surface area contributed by atoms with Crippen LogP contribution in [0.2, 0.25) is 0 Å². The minimum absolute atomic E-state index is 0.262. The Balaban J connectivity index is 3.44. The van der Waals surface area contributed by atoms with E-state index in [2.05, 4.69) is 0 Å². The lowest BCUT2D eigenvalue weighted by molar-refractivity contribution is -0.0101. The van der Waals surface area contributed by atoms with Crippen LogP contribution < -0.4 is 0 Å². The van der Waals surface area contributed by atoms with E-state index in [9.17, 15) is 4.79 Å². The quantitative estimate of drug-likeness (QED) is 0.423. The fourth-order valence-corrected chi connectivity index (χ4v) is 0.343. The van der Waals surface area contributed by atoms with Crippen molar-refractivity contribution in [2.75, 3.05) is 6.61 Å². The predicted molar refractivity (Wildman–Crippen MR) is 29.4 cm³/mol. The van der Waals surface area contributed by atoms with Gasteiger partial charge in [0.15, 0.2) is 0 Å². The van der Waals surface area contributed by atoms with E-state index in [1.54, 1.807) is 0 Å². The molecule has 4 nitrogen and oxygen atoms in total. The molecule has 0 aromatic rings. The van der Waals surface area contributed by atoms with Crippen molar-refractivity contribution in [1.29, 1.82) is 0 Å². The molecule has 1 radical (unpaired) electrons. The van der Waals surface area contributed by atoms with Crippen molar-refractivity contribution in [1.82, 2.24) is 0 Å². The molecule has 0 saturated heterocycles. The van der Waals surface area contributed by atoms with E-state index in [1.165, 1.54) is 6.29 Å². The van der Waals surface area contributed by atoms with Gasteiger partial charge in [-0.1, -0.05) is 0 Å². The molecule has 0 saturated carbocycles. The fraction of sp³-hybridized carbons (Fsp3) is 0.800. The number of aliphatic hydroxyl groups excluding tert-OH is 3. The normalized spacial score (nSPS) is 16.8. The minimum Gasteiger partial charge on any atom is -0.394 e. The molecule has 0 aliphatic heterocycles. The van der Waals surface area contributed by atoms with Gasteiger partial charge >= 0.3 is 0 Å². The first-order chi connectivity index (χ1) is 4.22. The Kier molecular flexibility index (Phi) is 4.21. The van der Waals surface area contributed by atoms with Gasteiger partial charge in [0, 0.05) is 6.42 Å². The molecule has 3 N–H and O–H groups in total. The van der Waals surface area contributed by atoms with Crippen molar-refractivity contribution in [3.63, 3.8) is 0 Å². The van der Waals surface area contributed by atoms with Gasteiger partial charge in [-0.25, -0.2) is 0 Å². The molecule has 0 unspecified atom stereocenters. The summed E-state index contributed by atoms with van der Waals surface area (Å²) in [6.45, 7) is -0.539. The minimum atomic E-state index is -1.23. The van der Waals surface area contributed by atoms with Crippen LogP contribution in [0.3, 0.4) is 0 Å². The van der Waals surface area contributed by atoms with E-state index in [4.69, 9.17) is 15.3 Å². The summed E-state index contributed by atoms with van der Waals surface area (Å²) in [7, 11) is 0. The maximum absolute atomic E-state index is 9.56. The summed E-state index contributed by atoms with van der Waals surface area (Å²) in [5.41, 5.74) is 0. The highest BCUT2D eigenvalue weighted by Crippen LogP contribution is 1.94. The monoisotopic (exact) mass is 133 g/mol. The average molecular weight is 133 g/mol. The van der Waals surface area contributed by atoms with E-state index in [-0.39, 0.29) is 6.42 Å². The number of aliphatic hydroxyl groups is 3. The molecule has 0 aromatic carbocycles. The molecule has 0 rings (SSSR count). The molecule has 2 atom stereocenters. The highest BCUT2D eigenvalue weighted by molar-refractivity contribution is 5.51. The predicted octanol–water partition coefficient (Wildman–Crippen LogP) is -1.80. The Labute approximate surface area is 52.7 Å². The van der Waals surface area contributed by atoms with Gasteiger partial charge in [-0.3, -0.25) is 4.79 Å². The molecule has 0 heterocycles. The van der Waals surface area contributed by atoms with Crippen LogP contribution in [0.1, 0.15) is 6.42 Å². The molecule has 4 heteroatoms. The van der Waals surface area contributed by atoms with Gasteiger partial charge < -0.3 is 15.3 Å². The molecule has 0 spiro atoms. The first kappa shape index (κ1) is 8.55. The first-order valence-corrected chi connectivity index (χ1v) is 2.54. The lowest BCUT2D eigenvalue weighted by atomic mass is 10.2. The van der Waals surface area contributed by atoms with Gasteiger partial charge in [-0.15, -0.1) is 0 Å². The number of hydrogen-bond acceptors (Lipinski definition) is 4. The molecule has 0 aliphatic carbocycles. The molecule has 0 amide bonds. The van der Waals surface area contributed by atoms with E-state index in [1.807, 2.05) is 0 Å². The molecule has 0 fully saturated rings. The molecule has 53 valence electrons. The Bertz CT molecular complexity index is 83.0. The second-order valence-electron chi connectivity index (χ2n) is 1.67. The van der Waals surface area contributed by atoms with Crippen molar-refractivity contribution in [3.8, 4) is 0 Å². The molecule has 0 aliphatic rings. The summed E-state index contributed by atoms with van der Waals surface area (Å²) in [5, 5.41) is 25.4. The maximum atomic E-state index is 9.56. The summed E-state index contributed by atoms with van der Waals surface area (Å²) in [5.74, 6) is 0. The van der Waals surface area contributed by atoms with Gasteiger partial charge in [-0.2, -0.15) is 0 Å². The third kappa shape index (κ3) is 3.18. The van der Waals surface area contributed by atoms with Crippen LogP contribution in [-0.2, 0) is 4.79 Å². The number of carbonyl (C=O) groups excluding carboxylic acids is 1. The third-order valence-electron chi connectivity index (χ3n) is 0.924. The van der Waals surface area contributed by atoms with Gasteiger partial charge in [-0.05, 0) is 0 Å². The summed E-state index contributed by atoms with van der Waals surface area (Å²) in [6, 6.07) is 0. The highest BCUT2D eigenvalue weighted by atomic mass is 16.4. The summed E-state index contributed by atoms with van der Waals surface area (Å²) in [4.78, 5) is 9.56. The Morgan fingerprint density at radius 2 is 1.89 bits per heavy atom. The lowest BCUT2D eigenvalue weighted by Gasteiger charge is -2.10. The first-order valence-electron chi connectivity index (χ1n) is 2.54. The Hall–Kier alpha value is -0.450. The van der Waals surface area contributed by atoms with Crippen molar-refractivity contribution < 1.29 is 20.1 Å². The van der Waals surface area contributed by atoms with Crippen molar-refractivity contribution in [2.45, 2.75) is 18.6 Å².